The molecule has 1 saturated carbocycles. The van der Waals surface area contributed by atoms with Crippen LogP contribution in [0.3, 0.4) is 0 Å². The van der Waals surface area contributed by atoms with E-state index in [0.29, 0.717) is 32.7 Å². The van der Waals surface area contributed by atoms with Gasteiger partial charge in [-0.15, -0.1) is 0 Å². The summed E-state index contributed by atoms with van der Waals surface area (Å²) in [4.78, 5) is 13.9. The fraction of sp³-hybridized carbons (Fsp3) is 0.917. The van der Waals surface area contributed by atoms with E-state index < -0.39 is 0 Å². The van der Waals surface area contributed by atoms with Crippen LogP contribution in [-0.4, -0.2) is 43.2 Å². The van der Waals surface area contributed by atoms with Crippen molar-refractivity contribution in [3.63, 3.8) is 0 Å². The van der Waals surface area contributed by atoms with E-state index in [1.807, 2.05) is 4.90 Å². The Morgan fingerprint density at radius 1 is 1.44 bits per heavy atom. The summed E-state index contributed by atoms with van der Waals surface area (Å²) in [7, 11) is 0. The third-order valence-electron chi connectivity index (χ3n) is 3.81. The van der Waals surface area contributed by atoms with Crippen LogP contribution in [0.4, 0.5) is 0 Å². The monoisotopic (exact) mass is 226 g/mol. The number of nitrogens with zero attached hydrogens (tertiary/aromatic N) is 1. The van der Waals surface area contributed by atoms with E-state index >= 15 is 0 Å². The molecular formula is C12H22N2O2. The highest BCUT2D eigenvalue weighted by molar-refractivity contribution is 5.76. The zero-order valence-corrected chi connectivity index (χ0v) is 9.86. The van der Waals surface area contributed by atoms with Crippen LogP contribution in [0, 0.1) is 5.92 Å². The maximum absolute atomic E-state index is 12.0. The lowest BCUT2D eigenvalue weighted by Gasteiger charge is -2.35. The van der Waals surface area contributed by atoms with Gasteiger partial charge in [0.15, 0.2) is 0 Å². The van der Waals surface area contributed by atoms with Gasteiger partial charge in [0.05, 0.1) is 19.3 Å². The standard InChI is InChI=1S/C12H22N2O2/c13-8-11-9-16-7-6-14(11)12(15)5-4-10-2-1-3-10/h10-11H,1-9,13H2. The molecule has 2 N–H and O–H groups in total. The summed E-state index contributed by atoms with van der Waals surface area (Å²) < 4.78 is 5.34. The van der Waals surface area contributed by atoms with Crippen molar-refractivity contribution in [2.24, 2.45) is 11.7 Å². The zero-order chi connectivity index (χ0) is 11.4. The highest BCUT2D eigenvalue weighted by Gasteiger charge is 2.27. The average molecular weight is 226 g/mol. The van der Waals surface area contributed by atoms with Crippen molar-refractivity contribution < 1.29 is 9.53 Å². The van der Waals surface area contributed by atoms with Gasteiger partial charge in [0.25, 0.3) is 0 Å². The first-order valence-electron chi connectivity index (χ1n) is 6.38. The van der Waals surface area contributed by atoms with Gasteiger partial charge in [0, 0.05) is 19.5 Å². The van der Waals surface area contributed by atoms with Crippen molar-refractivity contribution in [3.8, 4) is 0 Å². The van der Waals surface area contributed by atoms with E-state index in [4.69, 9.17) is 10.5 Å². The molecule has 0 bridgehead atoms. The minimum Gasteiger partial charge on any atom is -0.377 e. The smallest absolute Gasteiger partial charge is 0.223 e. The molecule has 1 saturated heterocycles. The van der Waals surface area contributed by atoms with Crippen LogP contribution in [0.25, 0.3) is 0 Å². The second-order valence-corrected chi connectivity index (χ2v) is 4.89. The molecule has 1 atom stereocenters. The molecule has 92 valence electrons. The molecule has 0 radical (unpaired) electrons. The fourth-order valence-electron chi connectivity index (χ4n) is 2.43. The van der Waals surface area contributed by atoms with E-state index in [0.717, 1.165) is 12.3 Å². The maximum atomic E-state index is 12.0. The number of carbonyl (C=O) groups is 1. The first kappa shape index (κ1) is 11.9. The van der Waals surface area contributed by atoms with Gasteiger partial charge in [-0.3, -0.25) is 4.79 Å². The fourth-order valence-corrected chi connectivity index (χ4v) is 2.43. The highest BCUT2D eigenvalue weighted by atomic mass is 16.5. The number of amides is 1. The Hall–Kier alpha value is -0.610. The molecule has 4 heteroatoms. The largest absolute Gasteiger partial charge is 0.377 e. The van der Waals surface area contributed by atoms with E-state index in [2.05, 4.69) is 0 Å². The summed E-state index contributed by atoms with van der Waals surface area (Å²) in [5.41, 5.74) is 5.65. The van der Waals surface area contributed by atoms with Crippen molar-refractivity contribution in [3.05, 3.63) is 0 Å². The summed E-state index contributed by atoms with van der Waals surface area (Å²) in [6, 6.07) is 0.0997. The number of rotatable bonds is 4. The molecular weight excluding hydrogens is 204 g/mol. The molecule has 0 spiro atoms. The Bertz CT molecular complexity index is 241. The van der Waals surface area contributed by atoms with Gasteiger partial charge < -0.3 is 15.4 Å². The zero-order valence-electron chi connectivity index (χ0n) is 9.86. The lowest BCUT2D eigenvalue weighted by molar-refractivity contribution is -0.139. The van der Waals surface area contributed by atoms with Crippen molar-refractivity contribution in [1.82, 2.24) is 4.90 Å². The Kier molecular flexibility index (Phi) is 4.18. The van der Waals surface area contributed by atoms with Crippen molar-refractivity contribution >= 4 is 5.91 Å². The van der Waals surface area contributed by atoms with Crippen LogP contribution in [0.15, 0.2) is 0 Å². The van der Waals surface area contributed by atoms with Crippen molar-refractivity contribution in [2.75, 3.05) is 26.3 Å². The van der Waals surface area contributed by atoms with E-state index in [9.17, 15) is 4.79 Å². The normalized spacial score (nSPS) is 26.6. The third-order valence-corrected chi connectivity index (χ3v) is 3.81. The SMILES string of the molecule is NCC1COCCN1C(=O)CCC1CCC1. The third kappa shape index (κ3) is 2.74. The predicted octanol–water partition coefficient (Wildman–Crippen LogP) is 0.753. The van der Waals surface area contributed by atoms with Gasteiger partial charge in [-0.2, -0.15) is 0 Å². The summed E-state index contributed by atoms with van der Waals surface area (Å²) in [5, 5.41) is 0. The number of hydrogen-bond donors (Lipinski definition) is 1. The van der Waals surface area contributed by atoms with Crippen LogP contribution in [0.5, 0.6) is 0 Å². The number of carbonyl (C=O) groups excluding carboxylic acids is 1. The van der Waals surface area contributed by atoms with Crippen LogP contribution in [-0.2, 0) is 9.53 Å². The van der Waals surface area contributed by atoms with E-state index in [1.54, 1.807) is 0 Å². The molecule has 1 amide bonds. The Labute approximate surface area is 97.1 Å². The molecule has 1 aliphatic heterocycles. The van der Waals surface area contributed by atoms with Gasteiger partial charge in [0.2, 0.25) is 5.91 Å². The predicted molar refractivity (Wildman–Crippen MR) is 61.9 cm³/mol. The minimum atomic E-state index is 0.0997. The van der Waals surface area contributed by atoms with Gasteiger partial charge in [-0.25, -0.2) is 0 Å². The molecule has 2 aliphatic rings. The van der Waals surface area contributed by atoms with E-state index in [1.165, 1.54) is 19.3 Å². The Morgan fingerprint density at radius 3 is 2.88 bits per heavy atom. The number of nitrogens with two attached hydrogens (primary N) is 1. The molecule has 2 rings (SSSR count). The van der Waals surface area contributed by atoms with Gasteiger partial charge >= 0.3 is 0 Å². The summed E-state index contributed by atoms with van der Waals surface area (Å²) in [6.45, 7) is 2.48. The van der Waals surface area contributed by atoms with Crippen LogP contribution in [0.2, 0.25) is 0 Å². The topological polar surface area (TPSA) is 55.6 Å². The molecule has 1 aliphatic carbocycles. The lowest BCUT2D eigenvalue weighted by Crippen LogP contribution is -2.52. The van der Waals surface area contributed by atoms with Gasteiger partial charge in [0.1, 0.15) is 0 Å². The summed E-state index contributed by atoms with van der Waals surface area (Å²) in [6.07, 6.45) is 5.74. The Balaban J connectivity index is 1.76. The Morgan fingerprint density at radius 2 is 2.25 bits per heavy atom. The minimum absolute atomic E-state index is 0.0997. The van der Waals surface area contributed by atoms with Crippen LogP contribution < -0.4 is 5.73 Å². The number of hydrogen-bond acceptors (Lipinski definition) is 3. The second kappa shape index (κ2) is 5.64. The molecule has 1 heterocycles. The van der Waals surface area contributed by atoms with Crippen LogP contribution in [0.1, 0.15) is 32.1 Å². The summed E-state index contributed by atoms with van der Waals surface area (Å²) >= 11 is 0. The number of morpholine rings is 1. The maximum Gasteiger partial charge on any atom is 0.223 e. The number of ether oxygens (including phenoxy) is 1. The lowest BCUT2D eigenvalue weighted by atomic mass is 9.82. The molecule has 1 unspecified atom stereocenters. The average Bonchev–Trinajstić information content (AvgIpc) is 2.26. The molecule has 0 aromatic carbocycles. The van der Waals surface area contributed by atoms with Gasteiger partial charge in [-0.1, -0.05) is 19.3 Å². The van der Waals surface area contributed by atoms with Crippen molar-refractivity contribution in [1.29, 1.82) is 0 Å². The molecule has 2 fully saturated rings. The first-order chi connectivity index (χ1) is 7.81. The van der Waals surface area contributed by atoms with E-state index in [-0.39, 0.29) is 11.9 Å². The van der Waals surface area contributed by atoms with Gasteiger partial charge in [-0.05, 0) is 12.3 Å². The highest BCUT2D eigenvalue weighted by Crippen LogP contribution is 2.30. The van der Waals surface area contributed by atoms with Crippen molar-refractivity contribution in [2.45, 2.75) is 38.1 Å². The summed E-state index contributed by atoms with van der Waals surface area (Å²) in [5.74, 6) is 1.08. The first-order valence-corrected chi connectivity index (χ1v) is 6.38. The second-order valence-electron chi connectivity index (χ2n) is 4.89. The quantitative estimate of drug-likeness (QED) is 0.769. The molecule has 0 aromatic rings. The molecule has 16 heavy (non-hydrogen) atoms. The van der Waals surface area contributed by atoms with Crippen LogP contribution >= 0.6 is 0 Å². The molecule has 0 aromatic heterocycles. The molecule has 4 nitrogen and oxygen atoms in total.